The van der Waals surface area contributed by atoms with Gasteiger partial charge in [-0.05, 0) is 91.7 Å². The second-order valence-electron chi connectivity index (χ2n) is 9.97. The van der Waals surface area contributed by atoms with Gasteiger partial charge in [0.05, 0.1) is 6.04 Å². The van der Waals surface area contributed by atoms with Crippen LogP contribution in [-0.2, 0) is 6.42 Å². The lowest BCUT2D eigenvalue weighted by molar-refractivity contribution is 0.257. The SMILES string of the molecule is CN1CCC(N=C/C(=C\N)c2ccc(C3c4ccc(O)cc4CCC3c3ccccc3)cc2)CC1. The minimum absolute atomic E-state index is 0.244. The third-order valence-electron chi connectivity index (χ3n) is 7.71. The van der Waals surface area contributed by atoms with Crippen LogP contribution in [0.25, 0.3) is 5.57 Å². The number of piperidine rings is 1. The zero-order valence-electron chi connectivity index (χ0n) is 20.5. The van der Waals surface area contributed by atoms with Crippen LogP contribution in [0.3, 0.4) is 0 Å². The van der Waals surface area contributed by atoms with Gasteiger partial charge in [-0.15, -0.1) is 0 Å². The number of aromatic hydroxyl groups is 1. The van der Waals surface area contributed by atoms with Crippen molar-refractivity contribution in [1.82, 2.24) is 4.90 Å². The number of phenols is 1. The van der Waals surface area contributed by atoms with Gasteiger partial charge in [-0.3, -0.25) is 4.99 Å². The smallest absolute Gasteiger partial charge is 0.115 e. The number of likely N-dealkylation sites (tertiary alicyclic amines) is 1. The first-order valence-corrected chi connectivity index (χ1v) is 12.7. The third kappa shape index (κ3) is 5.18. The fourth-order valence-corrected chi connectivity index (χ4v) is 5.70. The summed E-state index contributed by atoms with van der Waals surface area (Å²) in [7, 11) is 2.17. The molecule has 5 rings (SSSR count). The number of rotatable bonds is 5. The molecule has 1 aliphatic carbocycles. The van der Waals surface area contributed by atoms with Gasteiger partial charge in [0, 0.05) is 23.9 Å². The largest absolute Gasteiger partial charge is 0.508 e. The predicted octanol–water partition coefficient (Wildman–Crippen LogP) is 5.72. The molecule has 35 heavy (non-hydrogen) atoms. The van der Waals surface area contributed by atoms with Gasteiger partial charge in [0.25, 0.3) is 0 Å². The molecule has 2 aliphatic rings. The summed E-state index contributed by atoms with van der Waals surface area (Å²) in [5, 5.41) is 10.1. The lowest BCUT2D eigenvalue weighted by Crippen LogP contribution is -2.32. The Morgan fingerprint density at radius 2 is 1.69 bits per heavy atom. The molecule has 3 aromatic rings. The highest BCUT2D eigenvalue weighted by Crippen LogP contribution is 2.47. The molecule has 1 aliphatic heterocycles. The maximum absolute atomic E-state index is 10.1. The standard InChI is InChI=1S/C31H35N3O/c1-34-17-15-27(16-18-34)33-21-26(20-32)22-7-9-24(10-8-22)31-29(23-5-3-2-4-6-23)13-11-25-19-28(35)12-14-30(25)31/h2-10,12,14,19-21,27,29,31,35H,11,13,15-18,32H2,1H3/b26-20+,33-21?. The molecule has 0 amide bonds. The van der Waals surface area contributed by atoms with Crippen molar-refractivity contribution in [3.05, 3.63) is 107 Å². The fourth-order valence-electron chi connectivity index (χ4n) is 5.70. The van der Waals surface area contributed by atoms with Crippen LogP contribution in [-0.4, -0.2) is 42.4 Å². The van der Waals surface area contributed by atoms with Gasteiger partial charge in [-0.1, -0.05) is 60.7 Å². The Bertz CT molecular complexity index is 1190. The van der Waals surface area contributed by atoms with Crippen LogP contribution in [0.1, 0.15) is 58.9 Å². The van der Waals surface area contributed by atoms with Gasteiger partial charge in [0.1, 0.15) is 5.75 Å². The first kappa shape index (κ1) is 23.4. The van der Waals surface area contributed by atoms with E-state index in [9.17, 15) is 5.11 Å². The van der Waals surface area contributed by atoms with Crippen LogP contribution >= 0.6 is 0 Å². The van der Waals surface area contributed by atoms with E-state index < -0.39 is 0 Å². The molecule has 1 heterocycles. The molecule has 4 nitrogen and oxygen atoms in total. The summed E-state index contributed by atoms with van der Waals surface area (Å²) in [5.41, 5.74) is 13.3. The second-order valence-corrected chi connectivity index (χ2v) is 9.97. The van der Waals surface area contributed by atoms with Crippen LogP contribution in [0.4, 0.5) is 0 Å². The number of hydrogen-bond acceptors (Lipinski definition) is 4. The van der Waals surface area contributed by atoms with E-state index in [1.807, 2.05) is 18.3 Å². The number of nitrogens with two attached hydrogens (primary N) is 1. The van der Waals surface area contributed by atoms with E-state index in [-0.39, 0.29) is 5.92 Å². The van der Waals surface area contributed by atoms with Crippen molar-refractivity contribution in [3.8, 4) is 5.75 Å². The van der Waals surface area contributed by atoms with Crippen LogP contribution < -0.4 is 5.73 Å². The van der Waals surface area contributed by atoms with Gasteiger partial charge in [0.2, 0.25) is 0 Å². The van der Waals surface area contributed by atoms with Crippen molar-refractivity contribution in [2.45, 2.75) is 43.6 Å². The van der Waals surface area contributed by atoms with E-state index in [4.69, 9.17) is 10.7 Å². The Balaban J connectivity index is 1.43. The summed E-state index contributed by atoms with van der Waals surface area (Å²) < 4.78 is 0. The molecule has 4 heteroatoms. The van der Waals surface area contributed by atoms with Gasteiger partial charge in [-0.25, -0.2) is 0 Å². The summed E-state index contributed by atoms with van der Waals surface area (Å²) >= 11 is 0. The lowest BCUT2D eigenvalue weighted by Gasteiger charge is -2.35. The number of allylic oxidation sites excluding steroid dienone is 1. The number of nitrogens with zero attached hydrogens (tertiary/aromatic N) is 2. The van der Waals surface area contributed by atoms with Gasteiger partial charge >= 0.3 is 0 Å². The van der Waals surface area contributed by atoms with Crippen LogP contribution in [0.15, 0.2) is 84.0 Å². The number of hydrogen-bond donors (Lipinski definition) is 2. The zero-order valence-corrected chi connectivity index (χ0v) is 20.5. The number of fused-ring (bicyclic) bond motifs is 1. The maximum atomic E-state index is 10.1. The number of benzene rings is 3. The van der Waals surface area contributed by atoms with Crippen LogP contribution in [0, 0.1) is 0 Å². The highest BCUT2D eigenvalue weighted by molar-refractivity contribution is 6.09. The molecule has 3 N–H and O–H groups in total. The second kappa shape index (κ2) is 10.5. The van der Waals surface area contributed by atoms with Crippen LogP contribution in [0.5, 0.6) is 5.75 Å². The highest BCUT2D eigenvalue weighted by atomic mass is 16.3. The first-order valence-electron chi connectivity index (χ1n) is 12.7. The molecule has 1 fully saturated rings. The van der Waals surface area contributed by atoms with Crippen molar-refractivity contribution in [2.24, 2.45) is 10.7 Å². The number of phenolic OH excluding ortho intramolecular Hbond substituents is 1. The Labute approximate surface area is 208 Å². The minimum Gasteiger partial charge on any atom is -0.508 e. The molecule has 0 saturated carbocycles. The summed E-state index contributed by atoms with van der Waals surface area (Å²) in [4.78, 5) is 7.20. The van der Waals surface area contributed by atoms with Crippen molar-refractivity contribution in [1.29, 1.82) is 0 Å². The maximum Gasteiger partial charge on any atom is 0.115 e. The van der Waals surface area contributed by atoms with Gasteiger partial charge in [-0.2, -0.15) is 0 Å². The predicted molar refractivity (Wildman–Crippen MR) is 145 cm³/mol. The van der Waals surface area contributed by atoms with E-state index in [0.717, 1.165) is 49.9 Å². The molecule has 180 valence electrons. The molecule has 2 unspecified atom stereocenters. The Hall–Kier alpha value is -3.37. The lowest BCUT2D eigenvalue weighted by atomic mass is 9.69. The Morgan fingerprint density at radius 3 is 2.40 bits per heavy atom. The Kier molecular flexibility index (Phi) is 7.01. The molecule has 0 bridgehead atoms. The zero-order chi connectivity index (χ0) is 24.2. The van der Waals surface area contributed by atoms with Gasteiger partial charge in [0.15, 0.2) is 0 Å². The molecule has 3 aromatic carbocycles. The number of aryl methyl sites for hydroxylation is 1. The van der Waals surface area contributed by atoms with E-state index >= 15 is 0 Å². The topological polar surface area (TPSA) is 61.8 Å². The third-order valence-corrected chi connectivity index (χ3v) is 7.71. The monoisotopic (exact) mass is 465 g/mol. The Morgan fingerprint density at radius 1 is 0.943 bits per heavy atom. The molecule has 0 radical (unpaired) electrons. The minimum atomic E-state index is 0.244. The normalized spacial score (nSPS) is 21.8. The van der Waals surface area contributed by atoms with E-state index in [2.05, 4.69) is 72.6 Å². The summed E-state index contributed by atoms with van der Waals surface area (Å²) in [6.07, 6.45) is 7.85. The van der Waals surface area contributed by atoms with Crippen molar-refractivity contribution in [2.75, 3.05) is 20.1 Å². The van der Waals surface area contributed by atoms with Crippen molar-refractivity contribution in [3.63, 3.8) is 0 Å². The summed E-state index contributed by atoms with van der Waals surface area (Å²) in [6, 6.07) is 25.9. The first-order chi connectivity index (χ1) is 17.1. The quantitative estimate of drug-likeness (QED) is 0.474. The molecule has 2 atom stereocenters. The molecular weight excluding hydrogens is 430 g/mol. The summed E-state index contributed by atoms with van der Waals surface area (Å²) in [5.74, 6) is 0.987. The average molecular weight is 466 g/mol. The van der Waals surface area contributed by atoms with E-state index in [0.29, 0.717) is 17.7 Å². The molecule has 0 aromatic heterocycles. The van der Waals surface area contributed by atoms with Gasteiger partial charge < -0.3 is 15.7 Å². The highest BCUT2D eigenvalue weighted by Gasteiger charge is 2.32. The molecule has 1 saturated heterocycles. The van der Waals surface area contributed by atoms with Crippen LogP contribution in [0.2, 0.25) is 0 Å². The van der Waals surface area contributed by atoms with E-state index in [1.165, 1.54) is 22.3 Å². The summed E-state index contributed by atoms with van der Waals surface area (Å²) in [6.45, 7) is 2.20. The molecule has 0 spiro atoms. The molecular formula is C31H35N3O. The van der Waals surface area contributed by atoms with E-state index in [1.54, 1.807) is 6.20 Å². The average Bonchev–Trinajstić information content (AvgIpc) is 2.90. The van der Waals surface area contributed by atoms with Crippen molar-refractivity contribution < 1.29 is 5.11 Å². The van der Waals surface area contributed by atoms with Crippen molar-refractivity contribution >= 4 is 11.8 Å². The number of aliphatic imine (C=N–C) groups is 1. The fraction of sp³-hybridized carbons (Fsp3) is 0.323.